The van der Waals surface area contributed by atoms with Gasteiger partial charge in [0.05, 0.1) is 17.6 Å². The van der Waals surface area contributed by atoms with Gasteiger partial charge in [0.1, 0.15) is 5.82 Å². The van der Waals surface area contributed by atoms with Crippen LogP contribution in [0.1, 0.15) is 35.2 Å². The zero-order valence-electron chi connectivity index (χ0n) is 16.6. The Labute approximate surface area is 176 Å². The van der Waals surface area contributed by atoms with Crippen molar-refractivity contribution in [2.45, 2.75) is 30.7 Å². The maximum Gasteiger partial charge on any atom is 0.256 e. The maximum absolute atomic E-state index is 12.8. The third-order valence-electron chi connectivity index (χ3n) is 5.20. The summed E-state index contributed by atoms with van der Waals surface area (Å²) in [7, 11) is -3.51. The average molecular weight is 425 g/mol. The topological polar surface area (TPSA) is 84.3 Å². The Morgan fingerprint density at radius 1 is 0.933 bits per heavy atom. The minimum atomic E-state index is -3.51. The second kappa shape index (κ2) is 8.81. The number of carbonyl (C=O) groups is 1. The summed E-state index contributed by atoms with van der Waals surface area (Å²) in [6, 6.07) is 17.7. The highest BCUT2D eigenvalue weighted by Gasteiger charge is 2.26. The molecule has 0 spiro atoms. The monoisotopic (exact) mass is 424 g/mol. The van der Waals surface area contributed by atoms with Crippen LogP contribution in [0.4, 0.5) is 5.82 Å². The molecule has 156 valence electrons. The largest absolute Gasteiger partial charge is 0.307 e. The number of benzene rings is 2. The van der Waals surface area contributed by atoms with Crippen molar-refractivity contribution in [2.24, 2.45) is 0 Å². The Kier molecular flexibility index (Phi) is 5.96. The molecule has 2 heterocycles. The molecular formula is C22H24N4O3S. The molecule has 0 bridgehead atoms. The molecule has 0 saturated carbocycles. The summed E-state index contributed by atoms with van der Waals surface area (Å²) in [5, 5.41) is 7.12. The number of nitrogens with one attached hydrogen (secondary N) is 1. The highest BCUT2D eigenvalue weighted by Crippen LogP contribution is 2.21. The fraction of sp³-hybridized carbons (Fsp3) is 0.273. The van der Waals surface area contributed by atoms with E-state index < -0.39 is 10.0 Å². The summed E-state index contributed by atoms with van der Waals surface area (Å²) in [4.78, 5) is 12.9. The standard InChI is InChI=1S/C22H24N4O3S/c27-22(24-21-13-14-23-26(21)17-18-7-3-1-4-8-18)19-9-11-20(12-10-19)30(28,29)25-15-5-2-6-16-25/h1,3-4,7-14H,2,5-6,15-17H2,(H,24,27). The molecule has 1 N–H and O–H groups in total. The highest BCUT2D eigenvalue weighted by molar-refractivity contribution is 7.89. The predicted octanol–water partition coefficient (Wildman–Crippen LogP) is 3.36. The summed E-state index contributed by atoms with van der Waals surface area (Å²) in [6.45, 7) is 1.64. The van der Waals surface area contributed by atoms with Gasteiger partial charge in [-0.2, -0.15) is 9.40 Å². The quantitative estimate of drug-likeness (QED) is 0.658. The number of aromatic nitrogens is 2. The Hall–Kier alpha value is -2.97. The Morgan fingerprint density at radius 3 is 2.33 bits per heavy atom. The number of piperidine rings is 1. The summed E-state index contributed by atoms with van der Waals surface area (Å²) in [5.41, 5.74) is 1.46. The molecule has 1 aliphatic rings. The third-order valence-corrected chi connectivity index (χ3v) is 7.12. The number of nitrogens with zero attached hydrogens (tertiary/aromatic N) is 3. The van der Waals surface area contributed by atoms with E-state index in [0.717, 1.165) is 24.8 Å². The number of sulfonamides is 1. The number of amides is 1. The lowest BCUT2D eigenvalue weighted by molar-refractivity contribution is 0.102. The molecule has 1 amide bonds. The molecule has 1 aromatic heterocycles. The van der Waals surface area contributed by atoms with Gasteiger partial charge in [-0.25, -0.2) is 13.1 Å². The molecule has 1 aliphatic heterocycles. The smallest absolute Gasteiger partial charge is 0.256 e. The van der Waals surface area contributed by atoms with Gasteiger partial charge >= 0.3 is 0 Å². The van der Waals surface area contributed by atoms with Crippen LogP contribution in [0.3, 0.4) is 0 Å². The van der Waals surface area contributed by atoms with E-state index in [1.165, 1.54) is 16.4 Å². The molecule has 3 aromatic rings. The first kappa shape index (κ1) is 20.3. The molecule has 4 rings (SSSR count). The highest BCUT2D eigenvalue weighted by atomic mass is 32.2. The van der Waals surface area contributed by atoms with Gasteiger partial charge < -0.3 is 5.32 Å². The van der Waals surface area contributed by atoms with E-state index in [1.54, 1.807) is 29.1 Å². The lowest BCUT2D eigenvalue weighted by atomic mass is 10.2. The fourth-order valence-electron chi connectivity index (χ4n) is 3.54. The number of rotatable bonds is 6. The summed E-state index contributed by atoms with van der Waals surface area (Å²) < 4.78 is 28.7. The van der Waals surface area contributed by atoms with Crippen LogP contribution >= 0.6 is 0 Å². The van der Waals surface area contributed by atoms with Crippen molar-refractivity contribution in [3.63, 3.8) is 0 Å². The SMILES string of the molecule is O=C(Nc1ccnn1Cc1ccccc1)c1ccc(S(=O)(=O)N2CCCCC2)cc1. The number of hydrogen-bond donors (Lipinski definition) is 1. The third kappa shape index (κ3) is 4.44. The lowest BCUT2D eigenvalue weighted by Crippen LogP contribution is -2.35. The van der Waals surface area contributed by atoms with Gasteiger partial charge in [0.2, 0.25) is 10.0 Å². The van der Waals surface area contributed by atoms with Gasteiger partial charge in [0.25, 0.3) is 5.91 Å². The molecule has 0 aliphatic carbocycles. The van der Waals surface area contributed by atoms with Crippen molar-refractivity contribution < 1.29 is 13.2 Å². The second-order valence-electron chi connectivity index (χ2n) is 7.30. The number of anilines is 1. The van der Waals surface area contributed by atoms with Crippen LogP contribution < -0.4 is 5.32 Å². The van der Waals surface area contributed by atoms with E-state index in [-0.39, 0.29) is 10.8 Å². The molecule has 0 atom stereocenters. The van der Waals surface area contributed by atoms with Crippen molar-refractivity contribution in [2.75, 3.05) is 18.4 Å². The van der Waals surface area contributed by atoms with Crippen molar-refractivity contribution in [1.29, 1.82) is 0 Å². The van der Waals surface area contributed by atoms with Crippen LogP contribution in [-0.4, -0.2) is 41.5 Å². The van der Waals surface area contributed by atoms with Gasteiger partial charge in [0, 0.05) is 24.7 Å². The molecule has 2 aromatic carbocycles. The lowest BCUT2D eigenvalue weighted by Gasteiger charge is -2.25. The molecule has 7 nitrogen and oxygen atoms in total. The number of hydrogen-bond acceptors (Lipinski definition) is 4. The first-order chi connectivity index (χ1) is 14.5. The molecule has 1 fully saturated rings. The first-order valence-corrected chi connectivity index (χ1v) is 11.5. The van der Waals surface area contributed by atoms with E-state index in [0.29, 0.717) is 31.0 Å². The first-order valence-electron chi connectivity index (χ1n) is 10.0. The summed E-state index contributed by atoms with van der Waals surface area (Å²) >= 11 is 0. The molecular weight excluding hydrogens is 400 g/mol. The minimum absolute atomic E-state index is 0.218. The molecule has 1 saturated heterocycles. The van der Waals surface area contributed by atoms with E-state index in [2.05, 4.69) is 10.4 Å². The van der Waals surface area contributed by atoms with Crippen molar-refractivity contribution in [1.82, 2.24) is 14.1 Å². The van der Waals surface area contributed by atoms with Gasteiger partial charge in [-0.15, -0.1) is 0 Å². The van der Waals surface area contributed by atoms with Crippen molar-refractivity contribution in [3.8, 4) is 0 Å². The van der Waals surface area contributed by atoms with Crippen LogP contribution in [0, 0.1) is 0 Å². The van der Waals surface area contributed by atoms with Crippen LogP contribution in [-0.2, 0) is 16.6 Å². The Morgan fingerprint density at radius 2 is 1.63 bits per heavy atom. The summed E-state index contributed by atoms with van der Waals surface area (Å²) in [5.74, 6) is 0.264. The second-order valence-corrected chi connectivity index (χ2v) is 9.24. The van der Waals surface area contributed by atoms with Crippen LogP contribution in [0.5, 0.6) is 0 Å². The molecule has 0 radical (unpaired) electrons. The van der Waals surface area contributed by atoms with Gasteiger partial charge in [0.15, 0.2) is 0 Å². The van der Waals surface area contributed by atoms with Crippen LogP contribution in [0.15, 0.2) is 71.8 Å². The average Bonchev–Trinajstić information content (AvgIpc) is 3.21. The van der Waals surface area contributed by atoms with Crippen molar-refractivity contribution >= 4 is 21.7 Å². The Balaban J connectivity index is 1.45. The normalized spacial score (nSPS) is 15.1. The maximum atomic E-state index is 12.8. The van der Waals surface area contributed by atoms with E-state index in [9.17, 15) is 13.2 Å². The van der Waals surface area contributed by atoms with Gasteiger partial charge in [-0.3, -0.25) is 4.79 Å². The molecule has 8 heteroatoms. The molecule has 30 heavy (non-hydrogen) atoms. The fourth-order valence-corrected chi connectivity index (χ4v) is 5.06. The number of carbonyl (C=O) groups excluding carboxylic acids is 1. The minimum Gasteiger partial charge on any atom is -0.307 e. The predicted molar refractivity (Wildman–Crippen MR) is 115 cm³/mol. The van der Waals surface area contributed by atoms with E-state index in [4.69, 9.17) is 0 Å². The summed E-state index contributed by atoms with van der Waals surface area (Å²) in [6.07, 6.45) is 4.46. The Bertz CT molecular complexity index is 1100. The molecule has 0 unspecified atom stereocenters. The zero-order valence-corrected chi connectivity index (χ0v) is 17.4. The van der Waals surface area contributed by atoms with Gasteiger partial charge in [-0.05, 0) is 42.7 Å². The van der Waals surface area contributed by atoms with Gasteiger partial charge in [-0.1, -0.05) is 36.8 Å². The van der Waals surface area contributed by atoms with E-state index in [1.807, 2.05) is 30.3 Å². The zero-order chi connectivity index (χ0) is 21.0. The van der Waals surface area contributed by atoms with E-state index >= 15 is 0 Å². The van der Waals surface area contributed by atoms with Crippen LogP contribution in [0.2, 0.25) is 0 Å². The van der Waals surface area contributed by atoms with Crippen LogP contribution in [0.25, 0.3) is 0 Å². The van der Waals surface area contributed by atoms with Crippen molar-refractivity contribution in [3.05, 3.63) is 78.0 Å².